The van der Waals surface area contributed by atoms with Crippen molar-refractivity contribution in [2.45, 2.75) is 18.6 Å². The van der Waals surface area contributed by atoms with Crippen LogP contribution in [-0.2, 0) is 9.59 Å². The summed E-state index contributed by atoms with van der Waals surface area (Å²) in [5, 5.41) is 2.53. The lowest BCUT2D eigenvalue weighted by molar-refractivity contribution is -0.128. The van der Waals surface area contributed by atoms with Crippen molar-refractivity contribution < 1.29 is 18.7 Å². The number of nitrogens with one attached hydrogen (secondary N) is 1. The number of amidine groups is 1. The summed E-state index contributed by atoms with van der Waals surface area (Å²) in [7, 11) is 1.59. The summed E-state index contributed by atoms with van der Waals surface area (Å²) in [4.78, 5) is 30.7. The number of hydrogen-bond donors (Lipinski definition) is 1. The fourth-order valence-electron chi connectivity index (χ4n) is 2.61. The number of anilines is 1. The van der Waals surface area contributed by atoms with Crippen molar-refractivity contribution in [3.05, 3.63) is 54.3 Å². The highest BCUT2D eigenvalue weighted by Gasteiger charge is 2.34. The number of benzene rings is 2. The zero-order valence-electron chi connectivity index (χ0n) is 15.5. The van der Waals surface area contributed by atoms with Crippen molar-refractivity contribution >= 4 is 40.1 Å². The number of nitrogens with zero attached hydrogens (tertiary/aromatic N) is 2. The van der Waals surface area contributed by atoms with Gasteiger partial charge in [-0.3, -0.25) is 14.5 Å². The summed E-state index contributed by atoms with van der Waals surface area (Å²) >= 11 is 1.18. The molecule has 8 heteroatoms. The van der Waals surface area contributed by atoms with Gasteiger partial charge in [-0.2, -0.15) is 0 Å². The summed E-state index contributed by atoms with van der Waals surface area (Å²) < 4.78 is 18.8. The van der Waals surface area contributed by atoms with Crippen molar-refractivity contribution in [2.75, 3.05) is 19.0 Å². The zero-order valence-corrected chi connectivity index (χ0v) is 16.3. The lowest BCUT2D eigenvalue weighted by Gasteiger charge is -2.28. The first-order valence-electron chi connectivity index (χ1n) is 8.77. The molecule has 1 unspecified atom stereocenters. The van der Waals surface area contributed by atoms with Crippen LogP contribution in [0.3, 0.4) is 0 Å². The van der Waals surface area contributed by atoms with Crippen LogP contribution in [0.15, 0.2) is 53.5 Å². The average molecular weight is 401 g/mol. The third-order valence-electron chi connectivity index (χ3n) is 4.01. The zero-order chi connectivity index (χ0) is 20.1. The molecule has 1 atom stereocenters. The predicted molar refractivity (Wildman–Crippen MR) is 109 cm³/mol. The largest absolute Gasteiger partial charge is 0.494 e. The van der Waals surface area contributed by atoms with E-state index in [-0.39, 0.29) is 18.2 Å². The van der Waals surface area contributed by atoms with E-state index in [2.05, 4.69) is 10.3 Å². The highest BCUT2D eigenvalue weighted by molar-refractivity contribution is 8.15. The molecule has 0 saturated carbocycles. The Balaban J connectivity index is 1.75. The van der Waals surface area contributed by atoms with E-state index in [0.717, 1.165) is 0 Å². The molecular formula is C20H20FN3O3S. The second-order valence-corrected chi connectivity index (χ2v) is 7.26. The number of amides is 2. The molecule has 1 N–H and O–H groups in total. The number of aliphatic imine (C=N–C) groups is 1. The molecule has 6 nitrogen and oxygen atoms in total. The van der Waals surface area contributed by atoms with Crippen LogP contribution < -0.4 is 10.1 Å². The molecule has 2 amide bonds. The van der Waals surface area contributed by atoms with Gasteiger partial charge in [0.15, 0.2) is 5.17 Å². The molecule has 0 aromatic heterocycles. The van der Waals surface area contributed by atoms with Crippen molar-refractivity contribution in [1.82, 2.24) is 4.90 Å². The number of carbonyl (C=O) groups is 2. The summed E-state index contributed by atoms with van der Waals surface area (Å²) in [6.45, 7) is 2.40. The normalized spacial score (nSPS) is 18.2. The van der Waals surface area contributed by atoms with Crippen molar-refractivity contribution in [1.29, 1.82) is 0 Å². The maximum absolute atomic E-state index is 13.4. The predicted octanol–water partition coefficient (Wildman–Crippen LogP) is 3.81. The summed E-state index contributed by atoms with van der Waals surface area (Å²) in [6, 6.07) is 12.8. The van der Waals surface area contributed by atoms with Crippen LogP contribution in [0.5, 0.6) is 5.75 Å². The van der Waals surface area contributed by atoms with E-state index in [4.69, 9.17) is 4.74 Å². The molecule has 0 aliphatic carbocycles. The number of thioether (sulfide) groups is 1. The fourth-order valence-corrected chi connectivity index (χ4v) is 3.67. The second kappa shape index (κ2) is 8.88. The Morgan fingerprint density at radius 2 is 2.11 bits per heavy atom. The van der Waals surface area contributed by atoms with Gasteiger partial charge in [0, 0.05) is 25.2 Å². The van der Waals surface area contributed by atoms with Crippen molar-refractivity contribution in [2.24, 2.45) is 4.99 Å². The molecule has 1 aliphatic rings. The Morgan fingerprint density at radius 1 is 1.32 bits per heavy atom. The Morgan fingerprint density at radius 3 is 2.86 bits per heavy atom. The van der Waals surface area contributed by atoms with Gasteiger partial charge >= 0.3 is 0 Å². The molecular weight excluding hydrogens is 381 g/mol. The molecule has 146 valence electrons. The van der Waals surface area contributed by atoms with Gasteiger partial charge in [-0.05, 0) is 37.3 Å². The summed E-state index contributed by atoms with van der Waals surface area (Å²) in [6.07, 6.45) is 0.0559. The minimum absolute atomic E-state index is 0.0559. The summed E-state index contributed by atoms with van der Waals surface area (Å²) in [5.74, 6) is -0.287. The van der Waals surface area contributed by atoms with Gasteiger partial charge in [0.25, 0.3) is 0 Å². The van der Waals surface area contributed by atoms with Gasteiger partial charge < -0.3 is 10.1 Å². The maximum atomic E-state index is 13.4. The van der Waals surface area contributed by atoms with Crippen LogP contribution >= 0.6 is 11.8 Å². The molecule has 1 saturated heterocycles. The van der Waals surface area contributed by atoms with E-state index >= 15 is 0 Å². The molecule has 0 spiro atoms. The molecule has 1 aliphatic heterocycles. The first kappa shape index (κ1) is 19.9. The standard InChI is InChI=1S/C20H20FN3O3S/c1-3-27-16-9-5-8-15(11-16)22-19(26)17-12-18(25)24(2)20(28-17)23-14-7-4-6-13(21)10-14/h4-11,17H,3,12H2,1-2H3,(H,22,26). The third kappa shape index (κ3) is 4.89. The van der Waals surface area contributed by atoms with Crippen LogP contribution in [0.25, 0.3) is 0 Å². The fraction of sp³-hybridized carbons (Fsp3) is 0.250. The van der Waals surface area contributed by atoms with Gasteiger partial charge in [-0.15, -0.1) is 0 Å². The topological polar surface area (TPSA) is 71.0 Å². The first-order chi connectivity index (χ1) is 13.5. The minimum atomic E-state index is -0.633. The summed E-state index contributed by atoms with van der Waals surface area (Å²) in [5.41, 5.74) is 0.971. The molecule has 2 aromatic rings. The van der Waals surface area contributed by atoms with Crippen LogP contribution in [0.1, 0.15) is 13.3 Å². The monoisotopic (exact) mass is 401 g/mol. The van der Waals surface area contributed by atoms with Crippen LogP contribution in [0.4, 0.5) is 15.8 Å². The molecule has 0 bridgehead atoms. The first-order valence-corrected chi connectivity index (χ1v) is 9.65. The maximum Gasteiger partial charge on any atom is 0.238 e. The van der Waals surface area contributed by atoms with E-state index in [1.54, 1.807) is 43.4 Å². The molecule has 1 heterocycles. The van der Waals surface area contributed by atoms with E-state index < -0.39 is 11.1 Å². The van der Waals surface area contributed by atoms with E-state index in [9.17, 15) is 14.0 Å². The van der Waals surface area contributed by atoms with Gasteiger partial charge in [0.05, 0.1) is 12.3 Å². The highest BCUT2D eigenvalue weighted by atomic mass is 32.2. The molecule has 3 rings (SSSR count). The SMILES string of the molecule is CCOc1cccc(NC(=O)C2CC(=O)N(C)C(=Nc3cccc(F)c3)S2)c1. The van der Waals surface area contributed by atoms with Crippen molar-refractivity contribution in [3.8, 4) is 5.75 Å². The van der Waals surface area contributed by atoms with Gasteiger partial charge in [-0.25, -0.2) is 9.38 Å². The third-order valence-corrected chi connectivity index (χ3v) is 5.25. The molecule has 1 fully saturated rings. The lowest BCUT2D eigenvalue weighted by Crippen LogP contribution is -2.43. The van der Waals surface area contributed by atoms with E-state index in [1.165, 1.54) is 28.8 Å². The van der Waals surface area contributed by atoms with Crippen LogP contribution in [0, 0.1) is 5.82 Å². The minimum Gasteiger partial charge on any atom is -0.494 e. The molecule has 28 heavy (non-hydrogen) atoms. The smallest absolute Gasteiger partial charge is 0.238 e. The Hall–Kier alpha value is -2.87. The van der Waals surface area contributed by atoms with Crippen LogP contribution in [0.2, 0.25) is 0 Å². The molecule has 0 radical (unpaired) electrons. The second-order valence-electron chi connectivity index (χ2n) is 6.09. The average Bonchev–Trinajstić information content (AvgIpc) is 2.66. The quantitative estimate of drug-likeness (QED) is 0.827. The number of hydrogen-bond acceptors (Lipinski definition) is 5. The van der Waals surface area contributed by atoms with E-state index in [0.29, 0.717) is 28.9 Å². The van der Waals surface area contributed by atoms with Gasteiger partial charge in [-0.1, -0.05) is 23.9 Å². The van der Waals surface area contributed by atoms with Crippen molar-refractivity contribution in [3.63, 3.8) is 0 Å². The number of carbonyl (C=O) groups excluding carboxylic acids is 2. The lowest BCUT2D eigenvalue weighted by atomic mass is 10.2. The molecule has 2 aromatic carbocycles. The highest BCUT2D eigenvalue weighted by Crippen LogP contribution is 2.29. The van der Waals surface area contributed by atoms with Gasteiger partial charge in [0.1, 0.15) is 16.8 Å². The Labute approximate surface area is 166 Å². The Bertz CT molecular complexity index is 919. The Kier molecular flexibility index (Phi) is 6.30. The number of ether oxygens (including phenoxy) is 1. The van der Waals surface area contributed by atoms with E-state index in [1.807, 2.05) is 6.92 Å². The number of rotatable bonds is 5. The number of halogens is 1. The van der Waals surface area contributed by atoms with Gasteiger partial charge in [0.2, 0.25) is 11.8 Å². The van der Waals surface area contributed by atoms with Crippen LogP contribution in [-0.4, -0.2) is 40.8 Å².